The predicted molar refractivity (Wildman–Crippen MR) is 89.7 cm³/mol. The van der Waals surface area contributed by atoms with Crippen LogP contribution in [0, 0.1) is 0 Å². The Hall–Kier alpha value is -3.09. The van der Waals surface area contributed by atoms with Crippen LogP contribution in [-0.2, 0) is 16.1 Å². The van der Waals surface area contributed by atoms with E-state index in [1.165, 1.54) is 16.7 Å². The molecular formula is C17H18N2O5. The Balaban J connectivity index is 2.78. The molecule has 0 radical (unpaired) electrons. The van der Waals surface area contributed by atoms with Crippen LogP contribution in [0.4, 0.5) is 0 Å². The van der Waals surface area contributed by atoms with Crippen LogP contribution in [0.3, 0.4) is 0 Å². The molecule has 0 atom stereocenters. The van der Waals surface area contributed by atoms with Crippen molar-refractivity contribution in [2.75, 3.05) is 6.61 Å². The number of esters is 1. The molecule has 0 saturated carbocycles. The summed E-state index contributed by atoms with van der Waals surface area (Å²) in [6, 6.07) is 4.88. The summed E-state index contributed by atoms with van der Waals surface area (Å²) >= 11 is 0. The summed E-state index contributed by atoms with van der Waals surface area (Å²) in [5.74, 6) is -1.92. The number of aryl methyl sites for hydroxylation is 1. The molecule has 24 heavy (non-hydrogen) atoms. The highest BCUT2D eigenvalue weighted by atomic mass is 16.5. The van der Waals surface area contributed by atoms with Crippen molar-refractivity contribution in [2.45, 2.75) is 20.4 Å². The third-order valence-electron chi connectivity index (χ3n) is 3.50. The number of rotatable bonds is 5. The van der Waals surface area contributed by atoms with E-state index in [1.54, 1.807) is 32.0 Å². The van der Waals surface area contributed by atoms with Gasteiger partial charge in [-0.3, -0.25) is 9.59 Å². The van der Waals surface area contributed by atoms with Gasteiger partial charge in [0.15, 0.2) is 5.56 Å². The van der Waals surface area contributed by atoms with Crippen molar-refractivity contribution < 1.29 is 19.4 Å². The molecular weight excluding hydrogens is 312 g/mol. The number of amides is 1. The Kier molecular flexibility index (Phi) is 5.03. The number of pyridine rings is 1. The minimum Gasteiger partial charge on any atom is -0.506 e. The summed E-state index contributed by atoms with van der Waals surface area (Å²) in [5.41, 5.74) is 5.12. The molecule has 1 aromatic carbocycles. The smallest absolute Gasteiger partial charge is 0.347 e. The summed E-state index contributed by atoms with van der Waals surface area (Å²) in [4.78, 5) is 35.3. The summed E-state index contributed by atoms with van der Waals surface area (Å²) < 4.78 is 6.24. The first-order valence-corrected chi connectivity index (χ1v) is 7.44. The Morgan fingerprint density at radius 2 is 2.04 bits per heavy atom. The van der Waals surface area contributed by atoms with Gasteiger partial charge in [0.05, 0.1) is 12.1 Å². The van der Waals surface area contributed by atoms with Crippen LogP contribution >= 0.6 is 0 Å². The van der Waals surface area contributed by atoms with Crippen molar-refractivity contribution in [1.29, 1.82) is 0 Å². The SMILES string of the molecule is CCOC(=O)c1c(O)c2cc(C=CC(N)=O)ccc2n(CC)c1=O. The zero-order valence-corrected chi connectivity index (χ0v) is 13.4. The number of ether oxygens (including phenoxy) is 1. The Morgan fingerprint density at radius 3 is 2.62 bits per heavy atom. The number of primary amides is 1. The molecule has 0 fully saturated rings. The van der Waals surface area contributed by atoms with Gasteiger partial charge in [-0.2, -0.15) is 0 Å². The lowest BCUT2D eigenvalue weighted by molar-refractivity contribution is -0.113. The van der Waals surface area contributed by atoms with Crippen molar-refractivity contribution >= 4 is 28.9 Å². The van der Waals surface area contributed by atoms with Gasteiger partial charge in [0.2, 0.25) is 5.91 Å². The summed E-state index contributed by atoms with van der Waals surface area (Å²) in [6.07, 6.45) is 2.66. The number of nitrogens with zero attached hydrogens (tertiary/aromatic N) is 1. The third-order valence-corrected chi connectivity index (χ3v) is 3.50. The third kappa shape index (κ3) is 3.15. The monoisotopic (exact) mass is 330 g/mol. The number of aromatic nitrogens is 1. The molecule has 0 saturated heterocycles. The number of hydrogen-bond donors (Lipinski definition) is 2. The van der Waals surface area contributed by atoms with Crippen molar-refractivity contribution in [3.05, 3.63) is 45.8 Å². The second-order valence-corrected chi connectivity index (χ2v) is 5.01. The maximum absolute atomic E-state index is 12.5. The van der Waals surface area contributed by atoms with E-state index in [2.05, 4.69) is 0 Å². The van der Waals surface area contributed by atoms with Crippen LogP contribution < -0.4 is 11.3 Å². The molecule has 0 aliphatic rings. The molecule has 7 heteroatoms. The predicted octanol–water partition coefficient (Wildman–Crippen LogP) is 1.40. The van der Waals surface area contributed by atoms with Crippen molar-refractivity contribution in [3.63, 3.8) is 0 Å². The molecule has 1 aromatic heterocycles. The van der Waals surface area contributed by atoms with Gasteiger partial charge < -0.3 is 20.1 Å². The molecule has 0 bridgehead atoms. The maximum Gasteiger partial charge on any atom is 0.347 e. The number of carbonyl (C=O) groups is 2. The molecule has 2 rings (SSSR count). The number of benzene rings is 1. The number of nitrogens with two attached hydrogens (primary N) is 1. The molecule has 2 aromatic rings. The van der Waals surface area contributed by atoms with Crippen molar-refractivity contribution in [3.8, 4) is 5.75 Å². The normalized spacial score (nSPS) is 11.1. The molecule has 0 spiro atoms. The van der Waals surface area contributed by atoms with Crippen LogP contribution in [0.5, 0.6) is 5.75 Å². The molecule has 0 unspecified atom stereocenters. The zero-order valence-electron chi connectivity index (χ0n) is 13.4. The number of aromatic hydroxyl groups is 1. The zero-order chi connectivity index (χ0) is 17.9. The molecule has 7 nitrogen and oxygen atoms in total. The van der Waals surface area contributed by atoms with E-state index in [1.807, 2.05) is 0 Å². The van der Waals surface area contributed by atoms with E-state index in [0.717, 1.165) is 0 Å². The Labute approximate surface area is 138 Å². The van der Waals surface area contributed by atoms with Gasteiger partial charge in [0.25, 0.3) is 5.56 Å². The fourth-order valence-corrected chi connectivity index (χ4v) is 2.44. The summed E-state index contributed by atoms with van der Waals surface area (Å²) in [6.45, 7) is 3.77. The average Bonchev–Trinajstić information content (AvgIpc) is 2.54. The molecule has 0 aliphatic heterocycles. The Morgan fingerprint density at radius 1 is 1.33 bits per heavy atom. The highest BCUT2D eigenvalue weighted by molar-refractivity contribution is 6.00. The highest BCUT2D eigenvalue weighted by Gasteiger charge is 2.22. The lowest BCUT2D eigenvalue weighted by atomic mass is 10.1. The van der Waals surface area contributed by atoms with Gasteiger partial charge in [0, 0.05) is 18.0 Å². The lowest BCUT2D eigenvalue weighted by Crippen LogP contribution is -2.27. The molecule has 1 amide bonds. The Bertz CT molecular complexity index is 896. The van der Waals surface area contributed by atoms with E-state index < -0.39 is 28.7 Å². The minimum atomic E-state index is -0.873. The summed E-state index contributed by atoms with van der Waals surface area (Å²) in [7, 11) is 0. The van der Waals surface area contributed by atoms with Gasteiger partial charge >= 0.3 is 5.97 Å². The largest absolute Gasteiger partial charge is 0.506 e. The van der Waals surface area contributed by atoms with Crippen LogP contribution in [-0.4, -0.2) is 28.2 Å². The molecule has 0 aliphatic carbocycles. The van der Waals surface area contributed by atoms with Gasteiger partial charge in [0.1, 0.15) is 5.75 Å². The lowest BCUT2D eigenvalue weighted by Gasteiger charge is -2.13. The van der Waals surface area contributed by atoms with E-state index >= 15 is 0 Å². The fourth-order valence-electron chi connectivity index (χ4n) is 2.44. The van der Waals surface area contributed by atoms with Gasteiger partial charge in [-0.15, -0.1) is 0 Å². The fraction of sp³-hybridized carbons (Fsp3) is 0.235. The van der Waals surface area contributed by atoms with Crippen LogP contribution in [0.25, 0.3) is 17.0 Å². The van der Waals surface area contributed by atoms with Crippen LogP contribution in [0.1, 0.15) is 29.8 Å². The molecule has 3 N–H and O–H groups in total. The van der Waals surface area contributed by atoms with Gasteiger partial charge in [-0.05, 0) is 37.6 Å². The first kappa shape index (κ1) is 17.3. The van der Waals surface area contributed by atoms with Crippen LogP contribution in [0.15, 0.2) is 29.1 Å². The number of hydrogen-bond acceptors (Lipinski definition) is 5. The van der Waals surface area contributed by atoms with E-state index in [0.29, 0.717) is 23.0 Å². The van der Waals surface area contributed by atoms with E-state index in [-0.39, 0.29) is 6.61 Å². The summed E-state index contributed by atoms with van der Waals surface area (Å²) in [5, 5.41) is 10.7. The van der Waals surface area contributed by atoms with Crippen molar-refractivity contribution in [2.24, 2.45) is 5.73 Å². The molecule has 126 valence electrons. The highest BCUT2D eigenvalue weighted by Crippen LogP contribution is 2.28. The number of fused-ring (bicyclic) bond motifs is 1. The van der Waals surface area contributed by atoms with E-state index in [4.69, 9.17) is 10.5 Å². The van der Waals surface area contributed by atoms with Gasteiger partial charge in [-0.1, -0.05) is 6.07 Å². The average molecular weight is 330 g/mol. The molecule has 1 heterocycles. The second kappa shape index (κ2) is 6.99. The first-order chi connectivity index (χ1) is 11.4. The van der Waals surface area contributed by atoms with E-state index in [9.17, 15) is 19.5 Å². The van der Waals surface area contributed by atoms with Gasteiger partial charge in [-0.25, -0.2) is 4.79 Å². The maximum atomic E-state index is 12.5. The van der Waals surface area contributed by atoms with Crippen LogP contribution in [0.2, 0.25) is 0 Å². The van der Waals surface area contributed by atoms with Crippen molar-refractivity contribution in [1.82, 2.24) is 4.57 Å². The first-order valence-electron chi connectivity index (χ1n) is 7.44. The second-order valence-electron chi connectivity index (χ2n) is 5.01. The minimum absolute atomic E-state index is 0.0866. The standard InChI is InChI=1S/C17H18N2O5/c1-3-19-12-7-5-10(6-8-13(18)20)9-11(12)15(21)14(16(19)22)17(23)24-4-2/h5-9,21H,3-4H2,1-2H3,(H2,18,20). The number of carbonyl (C=O) groups excluding carboxylic acids is 2. The topological polar surface area (TPSA) is 112 Å². The quantitative estimate of drug-likeness (QED) is 0.636.